The lowest BCUT2D eigenvalue weighted by Crippen LogP contribution is -2.55. The van der Waals surface area contributed by atoms with Gasteiger partial charge in [0.2, 0.25) is 5.69 Å². The number of hydrogen-bond acceptors (Lipinski definition) is 6. The summed E-state index contributed by atoms with van der Waals surface area (Å²) >= 11 is 6.00. The Morgan fingerprint density at radius 2 is 1.58 bits per heavy atom. The molecule has 0 aromatic heterocycles. The summed E-state index contributed by atoms with van der Waals surface area (Å²) in [4.78, 5) is 42.1. The molecule has 10 heteroatoms. The van der Waals surface area contributed by atoms with Gasteiger partial charge in [-0.2, -0.15) is 10.5 Å². The molecule has 4 rings (SSSR count). The number of methoxy groups -OCH3 is 2. The first-order chi connectivity index (χ1) is 15.7. The average Bonchev–Trinajstić information content (AvgIpc) is 3.20. The van der Waals surface area contributed by atoms with Crippen LogP contribution in [-0.4, -0.2) is 53.0 Å². The van der Waals surface area contributed by atoms with Gasteiger partial charge in [-0.3, -0.25) is 9.69 Å². The van der Waals surface area contributed by atoms with E-state index in [2.05, 4.69) is 10.5 Å². The maximum absolute atomic E-state index is 13.7. The first-order valence-electron chi connectivity index (χ1n) is 10.00. The Hall–Kier alpha value is -3.72. The molecule has 2 atom stereocenters. The molecule has 2 aliphatic heterocycles. The lowest BCUT2D eigenvalue weighted by Gasteiger charge is -2.41. The largest absolute Gasteiger partial charge is 0.466 e. The highest BCUT2D eigenvalue weighted by Crippen LogP contribution is 2.56. The zero-order valence-corrected chi connectivity index (χ0v) is 19.2. The Bertz CT molecular complexity index is 1210. The number of carbonyl (C=O) groups excluding carboxylic acids is 3. The van der Waals surface area contributed by atoms with Crippen molar-refractivity contribution >= 4 is 35.1 Å². The molecule has 0 fully saturated rings. The highest BCUT2D eigenvalue weighted by atomic mass is 35.5. The van der Waals surface area contributed by atoms with Crippen molar-refractivity contribution in [2.24, 2.45) is 5.11 Å². The molecule has 0 bridgehead atoms. The predicted octanol–water partition coefficient (Wildman–Crippen LogP) is 3.97. The molecule has 170 valence electrons. The van der Waals surface area contributed by atoms with E-state index in [0.29, 0.717) is 16.3 Å². The monoisotopic (exact) mass is 468 g/mol. The van der Waals surface area contributed by atoms with E-state index in [1.54, 1.807) is 68.4 Å². The minimum atomic E-state index is -1.48. The van der Waals surface area contributed by atoms with Crippen molar-refractivity contribution in [2.75, 3.05) is 14.2 Å². The van der Waals surface area contributed by atoms with Gasteiger partial charge in [-0.25, -0.2) is 9.59 Å². The number of amides is 1. The predicted molar refractivity (Wildman–Crippen MR) is 118 cm³/mol. The number of azo groups is 1. The van der Waals surface area contributed by atoms with Crippen LogP contribution in [0.15, 0.2) is 71.0 Å². The topological polar surface area (TPSA) is 102 Å². The number of fused-ring (bicyclic) bond motifs is 1. The number of halogens is 1. The Balaban J connectivity index is 1.96. The Labute approximate surface area is 195 Å². The second kappa shape index (κ2) is 8.00. The molecule has 0 saturated carbocycles. The SMILES string of the molecule is COC(=O)C1=C(C(=O)OC)[C@]2(C)N=[N+](c3ccc(Cl)cc3)[N-][C@]2(C)N1C(=O)c1ccccc1. The molecule has 0 saturated heterocycles. The molecule has 2 heterocycles. The second-order valence-electron chi connectivity index (χ2n) is 7.77. The highest BCUT2D eigenvalue weighted by Gasteiger charge is 2.66. The van der Waals surface area contributed by atoms with Gasteiger partial charge in [-0.05, 0) is 38.1 Å². The van der Waals surface area contributed by atoms with Crippen LogP contribution in [0.3, 0.4) is 0 Å². The zero-order chi connectivity index (χ0) is 24.0. The fraction of sp³-hybridized carbons (Fsp3) is 0.261. The van der Waals surface area contributed by atoms with Gasteiger partial charge >= 0.3 is 11.9 Å². The number of benzene rings is 2. The molecule has 0 aliphatic carbocycles. The minimum absolute atomic E-state index is 0.121. The van der Waals surface area contributed by atoms with Gasteiger partial charge in [0, 0.05) is 22.7 Å². The Morgan fingerprint density at radius 1 is 0.970 bits per heavy atom. The van der Waals surface area contributed by atoms with Gasteiger partial charge in [0.25, 0.3) is 5.91 Å². The van der Waals surface area contributed by atoms with Crippen molar-refractivity contribution in [3.8, 4) is 0 Å². The molecule has 33 heavy (non-hydrogen) atoms. The smallest absolute Gasteiger partial charge is 0.355 e. The van der Waals surface area contributed by atoms with E-state index in [4.69, 9.17) is 21.1 Å². The third kappa shape index (κ3) is 3.27. The lowest BCUT2D eigenvalue weighted by atomic mass is 9.83. The third-order valence-corrected chi connectivity index (χ3v) is 6.19. The molecular formula is C23H21ClN4O5. The van der Waals surface area contributed by atoms with Crippen molar-refractivity contribution in [1.82, 2.24) is 4.90 Å². The molecule has 0 spiro atoms. The lowest BCUT2D eigenvalue weighted by molar-refractivity contribution is -0.457. The summed E-state index contributed by atoms with van der Waals surface area (Å²) in [6.45, 7) is 3.26. The van der Waals surface area contributed by atoms with Gasteiger partial charge in [0.1, 0.15) is 11.4 Å². The van der Waals surface area contributed by atoms with Gasteiger partial charge in [0.15, 0.2) is 0 Å². The Morgan fingerprint density at radius 3 is 2.15 bits per heavy atom. The highest BCUT2D eigenvalue weighted by molar-refractivity contribution is 6.30. The summed E-state index contributed by atoms with van der Waals surface area (Å²) < 4.78 is 9.93. The van der Waals surface area contributed by atoms with E-state index in [1.807, 2.05) is 0 Å². The van der Waals surface area contributed by atoms with Gasteiger partial charge in [0.05, 0.1) is 25.3 Å². The first-order valence-corrected chi connectivity index (χ1v) is 10.4. The summed E-state index contributed by atoms with van der Waals surface area (Å²) in [5.41, 5.74) is 2.24. The fourth-order valence-electron chi connectivity index (χ4n) is 4.08. The number of esters is 2. The maximum atomic E-state index is 13.7. The molecule has 0 radical (unpaired) electrons. The van der Waals surface area contributed by atoms with E-state index in [0.717, 1.165) is 0 Å². The number of carbonyl (C=O) groups is 3. The van der Waals surface area contributed by atoms with Crippen molar-refractivity contribution in [3.63, 3.8) is 0 Å². The summed E-state index contributed by atoms with van der Waals surface area (Å²) in [6, 6.07) is 15.1. The Kier molecular flexibility index (Phi) is 5.45. The van der Waals surface area contributed by atoms with Crippen LogP contribution in [0.5, 0.6) is 0 Å². The zero-order valence-electron chi connectivity index (χ0n) is 18.4. The molecular weight excluding hydrogens is 448 g/mol. The second-order valence-corrected chi connectivity index (χ2v) is 8.21. The fourth-order valence-corrected chi connectivity index (χ4v) is 4.21. The molecule has 1 amide bonds. The summed E-state index contributed by atoms with van der Waals surface area (Å²) in [7, 11) is 2.36. The third-order valence-electron chi connectivity index (χ3n) is 5.94. The van der Waals surface area contributed by atoms with E-state index in [9.17, 15) is 14.4 Å². The molecule has 2 aliphatic rings. The standard InChI is InChI=1S/C23H21ClN4O5/c1-22-17(20(30)32-3)18(21(31)33-4)27(19(29)14-8-6-5-7-9-14)23(22,2)26-28(25-22)16-12-10-15(24)11-13-16/h5-13H,1-4H3/t22-,23+/m0/s1. The van der Waals surface area contributed by atoms with Crippen LogP contribution in [0.4, 0.5) is 5.69 Å². The van der Waals surface area contributed by atoms with E-state index >= 15 is 0 Å². The summed E-state index contributed by atoms with van der Waals surface area (Å²) in [5, 5.41) is 5.19. The number of nitrogens with zero attached hydrogens (tertiary/aromatic N) is 4. The molecule has 0 N–H and O–H groups in total. The number of hydrogen-bond donors (Lipinski definition) is 0. The molecule has 2 aromatic rings. The van der Waals surface area contributed by atoms with E-state index in [1.165, 1.54) is 23.9 Å². The van der Waals surface area contributed by atoms with E-state index in [-0.39, 0.29) is 11.3 Å². The van der Waals surface area contributed by atoms with Crippen LogP contribution in [0, 0.1) is 0 Å². The number of ether oxygens (including phenoxy) is 2. The van der Waals surface area contributed by atoms with Gasteiger partial charge < -0.3 is 9.47 Å². The maximum Gasteiger partial charge on any atom is 0.355 e. The minimum Gasteiger partial charge on any atom is -0.466 e. The van der Waals surface area contributed by atoms with Crippen molar-refractivity contribution in [2.45, 2.75) is 25.0 Å². The molecule has 2 aromatic carbocycles. The van der Waals surface area contributed by atoms with Crippen LogP contribution >= 0.6 is 11.6 Å². The first kappa shape index (κ1) is 22.5. The van der Waals surface area contributed by atoms with Crippen LogP contribution in [-0.2, 0) is 19.1 Å². The van der Waals surface area contributed by atoms with Gasteiger partial charge in [-0.15, -0.1) is 4.81 Å². The molecule has 0 unspecified atom stereocenters. The quantitative estimate of drug-likeness (QED) is 0.499. The molecule has 9 nitrogen and oxygen atoms in total. The van der Waals surface area contributed by atoms with E-state index < -0.39 is 29.0 Å². The van der Waals surface area contributed by atoms with Crippen molar-refractivity contribution < 1.29 is 28.7 Å². The van der Waals surface area contributed by atoms with Crippen molar-refractivity contribution in [3.05, 3.63) is 81.9 Å². The number of rotatable bonds is 4. The van der Waals surface area contributed by atoms with Gasteiger partial charge in [-0.1, -0.05) is 29.8 Å². The normalized spacial score (nSPS) is 23.5. The summed E-state index contributed by atoms with van der Waals surface area (Å²) in [6.07, 6.45) is 0. The van der Waals surface area contributed by atoms with Crippen LogP contribution in [0.1, 0.15) is 24.2 Å². The van der Waals surface area contributed by atoms with Crippen LogP contribution < -0.4 is 0 Å². The summed E-state index contributed by atoms with van der Waals surface area (Å²) in [5.74, 6) is -2.23. The van der Waals surface area contributed by atoms with Crippen molar-refractivity contribution in [1.29, 1.82) is 0 Å². The van der Waals surface area contributed by atoms with Crippen LogP contribution in [0.25, 0.3) is 5.43 Å². The average molecular weight is 469 g/mol. The van der Waals surface area contributed by atoms with Crippen LogP contribution in [0.2, 0.25) is 5.02 Å².